The smallest absolute Gasteiger partial charge is 0.162 e. The Hall–Kier alpha value is -3.25. The molecule has 0 amide bonds. The van der Waals surface area contributed by atoms with E-state index in [1.807, 2.05) is 51.4 Å². The average molecular weight is 855 g/mol. The molecule has 0 atom stereocenters. The maximum atomic E-state index is 11.7. The fourth-order valence-corrected chi connectivity index (χ4v) is 7.41. The molecule has 0 saturated heterocycles. The number of aliphatic hydroxyl groups is 1. The number of ketones is 1. The molecule has 0 aliphatic heterocycles. The molecule has 1 N–H and O–H groups in total. The van der Waals surface area contributed by atoms with Crippen LogP contribution in [-0.2, 0) is 36.7 Å². The van der Waals surface area contributed by atoms with Gasteiger partial charge in [0.15, 0.2) is 5.78 Å². The van der Waals surface area contributed by atoms with Crippen molar-refractivity contribution in [3.05, 3.63) is 89.5 Å². The largest absolute Gasteiger partial charge is 0.512 e. The van der Waals surface area contributed by atoms with Gasteiger partial charge in [-0.15, -0.1) is 40.5 Å². The maximum Gasteiger partial charge on any atom is 0.162 e. The predicted molar refractivity (Wildman–Crippen MR) is 204 cm³/mol. The standard InChI is InChI=1S/C29H28N3S.C13H24O2.Ir/c1-18(2)10-21-13-23-24(15-30-16-28(23)33-21)27-14-26(31-17-32-27)20-11-19-8-6-7-9-22(19)25(12-20)29(3,4)5;1-5-10(6-2)12(14)9-13(15)11(7-3)8-4;/h6-9,12-18H,10H2,1-5H3;9-11,14H,5-8H2,1-4H3;/q-1;;/b;12-9-;. The molecule has 0 fully saturated rings. The van der Waals surface area contributed by atoms with Gasteiger partial charge in [0.2, 0.25) is 0 Å². The number of aromatic nitrogens is 3. The summed E-state index contributed by atoms with van der Waals surface area (Å²) in [6.07, 6.45) is 11.5. The molecule has 5 aromatic rings. The monoisotopic (exact) mass is 855 g/mol. The number of pyridine rings is 1. The summed E-state index contributed by atoms with van der Waals surface area (Å²) in [7, 11) is 0. The Morgan fingerprint density at radius 3 is 2.18 bits per heavy atom. The molecule has 0 saturated carbocycles. The van der Waals surface area contributed by atoms with Crippen molar-refractivity contribution in [2.75, 3.05) is 0 Å². The second kappa shape index (κ2) is 18.1. The van der Waals surface area contributed by atoms with Gasteiger partial charge in [-0.2, -0.15) is 0 Å². The molecule has 0 aliphatic rings. The summed E-state index contributed by atoms with van der Waals surface area (Å²) in [5, 5.41) is 13.3. The van der Waals surface area contributed by atoms with Crippen molar-refractivity contribution < 1.29 is 30.0 Å². The number of carbonyl (C=O) groups is 1. The minimum Gasteiger partial charge on any atom is -0.512 e. The normalized spacial score (nSPS) is 12.0. The third kappa shape index (κ3) is 10.2. The summed E-state index contributed by atoms with van der Waals surface area (Å²) in [4.78, 5) is 26.9. The van der Waals surface area contributed by atoms with Crippen molar-refractivity contribution >= 4 is 38.0 Å². The number of rotatable bonds is 11. The molecule has 5 rings (SSSR count). The zero-order valence-electron chi connectivity index (χ0n) is 30.6. The molecule has 1 radical (unpaired) electrons. The van der Waals surface area contributed by atoms with E-state index in [9.17, 15) is 9.90 Å². The van der Waals surface area contributed by atoms with E-state index in [1.165, 1.54) is 32.0 Å². The summed E-state index contributed by atoms with van der Waals surface area (Å²) in [6, 6.07) is 18.7. The van der Waals surface area contributed by atoms with Crippen molar-refractivity contribution in [3.63, 3.8) is 0 Å². The van der Waals surface area contributed by atoms with E-state index >= 15 is 0 Å². The van der Waals surface area contributed by atoms with Crippen molar-refractivity contribution in [1.29, 1.82) is 0 Å². The maximum absolute atomic E-state index is 11.7. The first kappa shape index (κ1) is 40.2. The van der Waals surface area contributed by atoms with Crippen LogP contribution in [0.2, 0.25) is 0 Å². The van der Waals surface area contributed by atoms with Crippen LogP contribution in [0.1, 0.15) is 98.4 Å². The van der Waals surface area contributed by atoms with Gasteiger partial charge in [0.25, 0.3) is 0 Å². The molecule has 49 heavy (non-hydrogen) atoms. The molecule has 3 heterocycles. The Morgan fingerprint density at radius 1 is 0.898 bits per heavy atom. The van der Waals surface area contributed by atoms with E-state index in [-0.39, 0.29) is 48.9 Å². The van der Waals surface area contributed by atoms with Crippen LogP contribution in [0.25, 0.3) is 43.4 Å². The third-order valence-electron chi connectivity index (χ3n) is 8.99. The van der Waals surface area contributed by atoms with Gasteiger partial charge in [-0.3, -0.25) is 14.8 Å². The first-order valence-electron chi connectivity index (χ1n) is 17.5. The van der Waals surface area contributed by atoms with E-state index in [4.69, 9.17) is 0 Å². The van der Waals surface area contributed by atoms with Gasteiger partial charge in [-0.1, -0.05) is 91.5 Å². The van der Waals surface area contributed by atoms with Crippen LogP contribution in [0, 0.1) is 23.8 Å². The van der Waals surface area contributed by atoms with E-state index in [0.717, 1.165) is 60.0 Å². The number of thiophene rings is 1. The van der Waals surface area contributed by atoms with Crippen molar-refractivity contribution in [2.24, 2.45) is 17.8 Å². The fourth-order valence-electron chi connectivity index (χ4n) is 6.14. The first-order valence-corrected chi connectivity index (χ1v) is 18.3. The number of aliphatic hydroxyl groups excluding tert-OH is 1. The number of nitrogens with zero attached hydrogens (tertiary/aromatic N) is 3. The second-order valence-electron chi connectivity index (χ2n) is 14.1. The van der Waals surface area contributed by atoms with Crippen molar-refractivity contribution in [2.45, 2.75) is 99.8 Å². The number of carbonyl (C=O) groups excluding carboxylic acids is 1. The predicted octanol–water partition coefficient (Wildman–Crippen LogP) is 11.7. The average Bonchev–Trinajstić information content (AvgIpc) is 3.47. The molecule has 3 aromatic heterocycles. The minimum atomic E-state index is 0. The van der Waals surface area contributed by atoms with Gasteiger partial charge in [0, 0.05) is 71.9 Å². The Labute approximate surface area is 311 Å². The van der Waals surface area contributed by atoms with Crippen LogP contribution >= 0.6 is 11.3 Å². The van der Waals surface area contributed by atoms with Crippen LogP contribution in [0.15, 0.2) is 73.0 Å². The number of allylic oxidation sites excluding steroid dienone is 2. The molecular weight excluding hydrogens is 803 g/mol. The number of hydrogen-bond acceptors (Lipinski definition) is 6. The van der Waals surface area contributed by atoms with Gasteiger partial charge in [-0.25, -0.2) is 4.98 Å². The number of hydrogen-bond donors (Lipinski definition) is 1. The van der Waals surface area contributed by atoms with Crippen LogP contribution in [-0.4, -0.2) is 25.8 Å². The summed E-state index contributed by atoms with van der Waals surface area (Å²) in [5.74, 6) is 1.17. The number of benzene rings is 2. The first-order chi connectivity index (χ1) is 22.9. The van der Waals surface area contributed by atoms with Gasteiger partial charge < -0.3 is 5.11 Å². The van der Waals surface area contributed by atoms with E-state index in [2.05, 4.69) is 98.1 Å². The summed E-state index contributed by atoms with van der Waals surface area (Å²) < 4.78 is 1.20. The molecule has 0 bridgehead atoms. The summed E-state index contributed by atoms with van der Waals surface area (Å²) >= 11 is 1.83. The topological polar surface area (TPSA) is 76.0 Å². The van der Waals surface area contributed by atoms with Crippen molar-refractivity contribution in [1.82, 2.24) is 15.0 Å². The molecule has 263 valence electrons. The van der Waals surface area contributed by atoms with Crippen LogP contribution < -0.4 is 0 Å². The molecule has 0 unspecified atom stereocenters. The van der Waals surface area contributed by atoms with E-state index in [0.29, 0.717) is 5.92 Å². The van der Waals surface area contributed by atoms with Gasteiger partial charge in [0.05, 0.1) is 16.2 Å². The zero-order valence-corrected chi connectivity index (χ0v) is 33.8. The van der Waals surface area contributed by atoms with Crippen molar-refractivity contribution in [3.8, 4) is 22.5 Å². The van der Waals surface area contributed by atoms with Crippen LogP contribution in [0.5, 0.6) is 0 Å². The SMILES string of the molecule is CC(C)Cc1cc2c(-c3cc(-c4[c-]c5ccccc5c(C(C)(C)C)c4)ncn3)cncc2s1.CCC(CC)C(=O)/C=C(\O)C(CC)CC.[Ir]. The Kier molecular flexibility index (Phi) is 14.9. The second-order valence-corrected chi connectivity index (χ2v) is 15.3. The molecule has 7 heteroatoms. The quantitative estimate of drug-likeness (QED) is 0.0814. The van der Waals surface area contributed by atoms with Gasteiger partial charge in [-0.05, 0) is 55.6 Å². The summed E-state index contributed by atoms with van der Waals surface area (Å²) in [6.45, 7) is 19.3. The zero-order chi connectivity index (χ0) is 35.0. The third-order valence-corrected chi connectivity index (χ3v) is 10.1. The molecule has 2 aromatic carbocycles. The Balaban J connectivity index is 0.000000347. The summed E-state index contributed by atoms with van der Waals surface area (Å²) in [5.41, 5.74) is 5.13. The molecule has 0 aliphatic carbocycles. The van der Waals surface area contributed by atoms with Gasteiger partial charge >= 0.3 is 0 Å². The Morgan fingerprint density at radius 2 is 1.55 bits per heavy atom. The van der Waals surface area contributed by atoms with E-state index < -0.39 is 0 Å². The minimum absolute atomic E-state index is 0. The molecule has 5 nitrogen and oxygen atoms in total. The van der Waals surface area contributed by atoms with Crippen LogP contribution in [0.3, 0.4) is 0 Å². The van der Waals surface area contributed by atoms with E-state index in [1.54, 1.807) is 6.33 Å². The number of fused-ring (bicyclic) bond motifs is 2. The fraction of sp³-hybridized carbons (Fsp3) is 0.429. The molecule has 0 spiro atoms. The van der Waals surface area contributed by atoms with Gasteiger partial charge in [0.1, 0.15) is 6.33 Å². The van der Waals surface area contributed by atoms with Crippen LogP contribution in [0.4, 0.5) is 0 Å². The molecular formula is C42H52IrN3O2S-. The Bertz CT molecular complexity index is 1860.